The van der Waals surface area contributed by atoms with Crippen molar-refractivity contribution in [2.45, 2.75) is 27.3 Å². The van der Waals surface area contributed by atoms with Crippen LogP contribution in [0.1, 0.15) is 33.2 Å². The van der Waals surface area contributed by atoms with Crippen molar-refractivity contribution < 1.29 is 18.3 Å². The summed E-state index contributed by atoms with van der Waals surface area (Å²) in [7, 11) is 1.58. The predicted molar refractivity (Wildman–Crippen MR) is 124 cm³/mol. The molecule has 0 atom stereocenters. The highest BCUT2D eigenvalue weighted by atomic mass is 79.9. The van der Waals surface area contributed by atoms with E-state index in [1.807, 2.05) is 25.1 Å². The van der Waals surface area contributed by atoms with E-state index in [9.17, 15) is 9.18 Å². The van der Waals surface area contributed by atoms with Crippen LogP contribution in [0.15, 0.2) is 45.3 Å². The third-order valence-corrected chi connectivity index (χ3v) is 5.72. The van der Waals surface area contributed by atoms with E-state index < -0.39 is 11.7 Å². The van der Waals surface area contributed by atoms with Crippen LogP contribution in [0.25, 0.3) is 11.5 Å². The highest BCUT2D eigenvalue weighted by Crippen LogP contribution is 2.33. The fraction of sp³-hybridized carbons (Fsp3) is 0.217. The van der Waals surface area contributed by atoms with Gasteiger partial charge in [-0.1, -0.05) is 27.2 Å². The van der Waals surface area contributed by atoms with Crippen LogP contribution in [-0.4, -0.2) is 33.0 Å². The van der Waals surface area contributed by atoms with E-state index in [0.717, 1.165) is 10.0 Å². The summed E-state index contributed by atoms with van der Waals surface area (Å²) in [6.45, 7) is 5.59. The Hall–Kier alpha value is -3.53. The van der Waals surface area contributed by atoms with Gasteiger partial charge in [0.25, 0.3) is 5.91 Å². The fourth-order valence-corrected chi connectivity index (χ4v) is 3.67. The topological polar surface area (TPSA) is 95.1 Å². The fourth-order valence-electron chi connectivity index (χ4n) is 3.31. The summed E-state index contributed by atoms with van der Waals surface area (Å²) in [6, 6.07) is 9.76. The Morgan fingerprint density at radius 2 is 2.00 bits per heavy atom. The Bertz CT molecular complexity index is 1350. The molecule has 1 amide bonds. The summed E-state index contributed by atoms with van der Waals surface area (Å²) in [4.78, 5) is 17.3. The average molecular weight is 514 g/mol. The molecule has 0 radical (unpaired) electrons. The zero-order valence-electron chi connectivity index (χ0n) is 18.4. The normalized spacial score (nSPS) is 11.0. The number of aromatic nitrogens is 4. The molecule has 0 saturated heterocycles. The number of carbonyl (C=O) groups is 1. The molecular formula is C23H21BrFN5O3. The van der Waals surface area contributed by atoms with E-state index in [1.54, 1.807) is 31.7 Å². The van der Waals surface area contributed by atoms with Crippen LogP contribution < -0.4 is 10.1 Å². The Kier molecular flexibility index (Phi) is 6.28. The molecule has 0 aliphatic rings. The molecule has 4 aromatic rings. The van der Waals surface area contributed by atoms with Crippen molar-refractivity contribution in [3.8, 4) is 17.2 Å². The van der Waals surface area contributed by atoms with Gasteiger partial charge in [0.1, 0.15) is 23.0 Å². The maximum atomic E-state index is 13.5. The predicted octanol–water partition coefficient (Wildman–Crippen LogP) is 5.07. The van der Waals surface area contributed by atoms with Crippen LogP contribution in [0.4, 0.5) is 10.1 Å². The monoisotopic (exact) mass is 513 g/mol. The van der Waals surface area contributed by atoms with Crippen LogP contribution in [0.5, 0.6) is 5.75 Å². The highest BCUT2D eigenvalue weighted by molar-refractivity contribution is 9.10. The Labute approximate surface area is 197 Å². The van der Waals surface area contributed by atoms with Gasteiger partial charge in [0.15, 0.2) is 5.69 Å². The first-order valence-electron chi connectivity index (χ1n) is 10.0. The molecule has 4 rings (SSSR count). The molecule has 1 N–H and O–H groups in total. The summed E-state index contributed by atoms with van der Waals surface area (Å²) in [5, 5.41) is 10.8. The molecule has 0 unspecified atom stereocenters. The number of methoxy groups -OCH3 is 1. The maximum Gasteiger partial charge on any atom is 0.278 e. The van der Waals surface area contributed by atoms with E-state index in [2.05, 4.69) is 36.5 Å². The van der Waals surface area contributed by atoms with E-state index in [1.165, 1.54) is 12.1 Å². The summed E-state index contributed by atoms with van der Waals surface area (Å²) in [5.41, 5.74) is 3.17. The standard InChI is InChI=1S/C23H21BrFN5O3/c1-12-5-7-16(25)10-18(12)26-22(31)21-13(2)30(29-28-21)11-19-14(3)33-23(27-19)17-9-15(24)6-8-20(17)32-4/h5-10H,11H2,1-4H3,(H,26,31). The number of anilines is 1. The number of hydrogen-bond acceptors (Lipinski definition) is 6. The lowest BCUT2D eigenvalue weighted by molar-refractivity contribution is 0.102. The van der Waals surface area contributed by atoms with Crippen LogP contribution >= 0.6 is 15.9 Å². The summed E-state index contributed by atoms with van der Waals surface area (Å²) in [5.74, 6) is 0.760. The molecule has 2 heterocycles. The molecule has 0 aliphatic carbocycles. The molecule has 10 heteroatoms. The van der Waals surface area contributed by atoms with Crippen molar-refractivity contribution >= 4 is 27.5 Å². The second-order valence-electron chi connectivity index (χ2n) is 7.46. The summed E-state index contributed by atoms with van der Waals surface area (Å²) >= 11 is 3.45. The van der Waals surface area contributed by atoms with Gasteiger partial charge < -0.3 is 14.5 Å². The molecular weight excluding hydrogens is 493 g/mol. The number of amides is 1. The number of carbonyl (C=O) groups excluding carboxylic acids is 1. The van der Waals surface area contributed by atoms with Gasteiger partial charge >= 0.3 is 0 Å². The molecule has 0 bridgehead atoms. The number of hydrogen-bond donors (Lipinski definition) is 1. The zero-order valence-corrected chi connectivity index (χ0v) is 20.0. The van der Waals surface area contributed by atoms with Crippen molar-refractivity contribution in [1.29, 1.82) is 0 Å². The first-order chi connectivity index (χ1) is 15.8. The number of nitrogens with zero attached hydrogens (tertiary/aromatic N) is 4. The number of ether oxygens (including phenoxy) is 1. The van der Waals surface area contributed by atoms with Gasteiger partial charge in [-0.15, -0.1) is 5.10 Å². The van der Waals surface area contributed by atoms with Crippen molar-refractivity contribution in [2.75, 3.05) is 12.4 Å². The van der Waals surface area contributed by atoms with Crippen LogP contribution in [0.3, 0.4) is 0 Å². The number of rotatable bonds is 6. The summed E-state index contributed by atoms with van der Waals surface area (Å²) < 4.78 is 27.3. The lowest BCUT2D eigenvalue weighted by atomic mass is 10.2. The average Bonchev–Trinajstić information content (AvgIpc) is 3.33. The van der Waals surface area contributed by atoms with Gasteiger partial charge in [0.05, 0.1) is 24.9 Å². The molecule has 8 nitrogen and oxygen atoms in total. The molecule has 0 fully saturated rings. The number of aryl methyl sites for hydroxylation is 2. The van der Waals surface area contributed by atoms with Crippen molar-refractivity contribution in [3.63, 3.8) is 0 Å². The SMILES string of the molecule is COc1ccc(Br)cc1-c1nc(Cn2nnc(C(=O)Nc3cc(F)ccc3C)c2C)c(C)o1. The van der Waals surface area contributed by atoms with E-state index >= 15 is 0 Å². The number of benzene rings is 2. The largest absolute Gasteiger partial charge is 0.496 e. The van der Waals surface area contributed by atoms with Crippen LogP contribution in [-0.2, 0) is 6.54 Å². The molecule has 33 heavy (non-hydrogen) atoms. The molecule has 0 spiro atoms. The molecule has 170 valence electrons. The molecule has 2 aromatic carbocycles. The lowest BCUT2D eigenvalue weighted by Gasteiger charge is -2.07. The number of halogens is 2. The van der Waals surface area contributed by atoms with Crippen molar-refractivity contribution in [3.05, 3.63) is 75.1 Å². The zero-order chi connectivity index (χ0) is 23.7. The van der Waals surface area contributed by atoms with Crippen molar-refractivity contribution in [2.24, 2.45) is 0 Å². The van der Waals surface area contributed by atoms with E-state index in [-0.39, 0.29) is 12.2 Å². The van der Waals surface area contributed by atoms with E-state index in [0.29, 0.717) is 40.0 Å². The first kappa shape index (κ1) is 22.7. The minimum absolute atomic E-state index is 0.147. The molecule has 0 saturated carbocycles. The lowest BCUT2D eigenvalue weighted by Crippen LogP contribution is -2.15. The van der Waals surface area contributed by atoms with Gasteiger partial charge in [-0.05, 0) is 56.7 Å². The molecule has 0 aliphatic heterocycles. The third-order valence-electron chi connectivity index (χ3n) is 5.23. The minimum atomic E-state index is -0.469. The van der Waals surface area contributed by atoms with Gasteiger partial charge in [-0.2, -0.15) is 0 Å². The minimum Gasteiger partial charge on any atom is -0.496 e. The van der Waals surface area contributed by atoms with Gasteiger partial charge in [-0.25, -0.2) is 14.1 Å². The van der Waals surface area contributed by atoms with Crippen LogP contribution in [0, 0.1) is 26.6 Å². The Morgan fingerprint density at radius 1 is 1.21 bits per heavy atom. The first-order valence-corrected chi connectivity index (χ1v) is 10.8. The second-order valence-corrected chi connectivity index (χ2v) is 8.38. The second kappa shape index (κ2) is 9.14. The Balaban J connectivity index is 1.57. The number of nitrogens with one attached hydrogen (secondary N) is 1. The van der Waals surface area contributed by atoms with Crippen molar-refractivity contribution in [1.82, 2.24) is 20.0 Å². The molecule has 2 aromatic heterocycles. The summed E-state index contributed by atoms with van der Waals surface area (Å²) in [6.07, 6.45) is 0. The van der Waals surface area contributed by atoms with Gasteiger partial charge in [0, 0.05) is 10.2 Å². The smallest absolute Gasteiger partial charge is 0.278 e. The third kappa shape index (κ3) is 4.65. The Morgan fingerprint density at radius 3 is 2.76 bits per heavy atom. The maximum absolute atomic E-state index is 13.5. The van der Waals surface area contributed by atoms with E-state index in [4.69, 9.17) is 9.15 Å². The number of oxazole rings is 1. The van der Waals surface area contributed by atoms with Gasteiger partial charge in [0.2, 0.25) is 5.89 Å². The van der Waals surface area contributed by atoms with Crippen LogP contribution in [0.2, 0.25) is 0 Å². The quantitative estimate of drug-likeness (QED) is 0.386. The highest BCUT2D eigenvalue weighted by Gasteiger charge is 2.21. The van der Waals surface area contributed by atoms with Gasteiger partial charge in [-0.3, -0.25) is 4.79 Å².